The Kier molecular flexibility index (Phi) is 5.32. The van der Waals surface area contributed by atoms with Gasteiger partial charge in [0.1, 0.15) is 6.54 Å². The van der Waals surface area contributed by atoms with Crippen LogP contribution >= 0.6 is 22.7 Å². The number of thiazole rings is 1. The molecule has 5 aromatic heterocycles. The molecule has 0 unspecified atom stereocenters. The molecule has 0 aliphatic carbocycles. The van der Waals surface area contributed by atoms with Crippen LogP contribution in [0.5, 0.6) is 0 Å². The molecule has 8 nitrogen and oxygen atoms in total. The summed E-state index contributed by atoms with van der Waals surface area (Å²) in [5, 5.41) is 17.4. The molecular formula is C22H21N7OS2. The third-order valence-electron chi connectivity index (χ3n) is 5.18. The Bertz CT molecular complexity index is 1410. The average Bonchev–Trinajstić information content (AvgIpc) is 3.56. The van der Waals surface area contributed by atoms with Crippen LogP contribution in [0.15, 0.2) is 41.4 Å². The van der Waals surface area contributed by atoms with E-state index in [4.69, 9.17) is 0 Å². The molecule has 0 spiro atoms. The summed E-state index contributed by atoms with van der Waals surface area (Å²) in [5.41, 5.74) is 5.34. The number of carbonyl (C=O) groups excluding carboxylic acids is 1. The molecule has 0 aliphatic rings. The van der Waals surface area contributed by atoms with E-state index in [0.717, 1.165) is 45.0 Å². The van der Waals surface area contributed by atoms with Crippen molar-refractivity contribution in [3.05, 3.63) is 52.7 Å². The second-order valence-corrected chi connectivity index (χ2v) is 9.15. The van der Waals surface area contributed by atoms with Crippen molar-refractivity contribution in [1.29, 1.82) is 0 Å². The van der Waals surface area contributed by atoms with Crippen LogP contribution in [0.4, 0.5) is 5.13 Å². The van der Waals surface area contributed by atoms with E-state index in [2.05, 4.69) is 31.5 Å². The molecule has 1 amide bonds. The number of amides is 1. The Morgan fingerprint density at radius 2 is 2.00 bits per heavy atom. The molecule has 5 heterocycles. The van der Waals surface area contributed by atoms with Crippen LogP contribution in [-0.4, -0.2) is 35.4 Å². The van der Waals surface area contributed by atoms with Gasteiger partial charge in [-0.15, -0.1) is 22.7 Å². The summed E-state index contributed by atoms with van der Waals surface area (Å²) >= 11 is 3.07. The number of aryl methyl sites for hydroxylation is 3. The standard InChI is InChI=1S/C22H21N7OS2/c1-4-28-10-16(13(2)26-28)17-12-32-22(24-17)25-19(30)11-29-21-20(14(3)27-29)15(7-8-23-21)18-6-5-9-31-18/h5-10,12H,4,11H2,1-3H3,(H,24,25,30). The Morgan fingerprint density at radius 3 is 2.75 bits per heavy atom. The summed E-state index contributed by atoms with van der Waals surface area (Å²) in [6.45, 7) is 6.81. The van der Waals surface area contributed by atoms with Crippen molar-refractivity contribution >= 4 is 44.7 Å². The number of aromatic nitrogens is 6. The number of hydrogen-bond acceptors (Lipinski definition) is 7. The summed E-state index contributed by atoms with van der Waals surface area (Å²) in [6.07, 6.45) is 3.74. The molecule has 0 bridgehead atoms. The van der Waals surface area contributed by atoms with Gasteiger partial charge in [-0.3, -0.25) is 9.48 Å². The molecule has 5 rings (SSSR count). The highest BCUT2D eigenvalue weighted by Crippen LogP contribution is 2.32. The van der Waals surface area contributed by atoms with Crippen molar-refractivity contribution in [2.45, 2.75) is 33.9 Å². The van der Waals surface area contributed by atoms with E-state index in [1.54, 1.807) is 22.2 Å². The maximum Gasteiger partial charge on any atom is 0.247 e. The molecule has 10 heteroatoms. The largest absolute Gasteiger partial charge is 0.300 e. The quantitative estimate of drug-likeness (QED) is 0.392. The SMILES string of the molecule is CCn1cc(-c2csc(NC(=O)Cn3nc(C)c4c(-c5cccs5)ccnc43)n2)c(C)n1. The average molecular weight is 464 g/mol. The Hall–Kier alpha value is -3.37. The highest BCUT2D eigenvalue weighted by atomic mass is 32.1. The maximum atomic E-state index is 12.8. The summed E-state index contributed by atoms with van der Waals surface area (Å²) in [5.74, 6) is -0.195. The van der Waals surface area contributed by atoms with Gasteiger partial charge in [0.2, 0.25) is 5.91 Å². The highest BCUT2D eigenvalue weighted by molar-refractivity contribution is 7.14. The third kappa shape index (κ3) is 3.71. The van der Waals surface area contributed by atoms with Crippen molar-refractivity contribution in [2.24, 2.45) is 0 Å². The van der Waals surface area contributed by atoms with Gasteiger partial charge in [-0.2, -0.15) is 10.2 Å². The van der Waals surface area contributed by atoms with Crippen LogP contribution in [0.1, 0.15) is 18.3 Å². The number of nitrogens with one attached hydrogen (secondary N) is 1. The van der Waals surface area contributed by atoms with Gasteiger partial charge in [0.15, 0.2) is 10.8 Å². The molecule has 162 valence electrons. The number of fused-ring (bicyclic) bond motifs is 1. The normalized spacial score (nSPS) is 11.3. The molecule has 1 N–H and O–H groups in total. The van der Waals surface area contributed by atoms with Gasteiger partial charge in [-0.1, -0.05) is 6.07 Å². The maximum absolute atomic E-state index is 12.8. The van der Waals surface area contributed by atoms with Crippen LogP contribution in [0.2, 0.25) is 0 Å². The third-order valence-corrected chi connectivity index (χ3v) is 6.85. The van der Waals surface area contributed by atoms with E-state index in [1.165, 1.54) is 11.3 Å². The van der Waals surface area contributed by atoms with E-state index in [9.17, 15) is 4.79 Å². The first kappa shape index (κ1) is 20.5. The molecule has 32 heavy (non-hydrogen) atoms. The molecule has 0 saturated carbocycles. The minimum Gasteiger partial charge on any atom is -0.300 e. The fraction of sp³-hybridized carbons (Fsp3) is 0.227. The van der Waals surface area contributed by atoms with Gasteiger partial charge >= 0.3 is 0 Å². The minimum atomic E-state index is -0.195. The molecule has 0 saturated heterocycles. The van der Waals surface area contributed by atoms with Gasteiger partial charge in [0.05, 0.1) is 22.5 Å². The van der Waals surface area contributed by atoms with Gasteiger partial charge in [-0.05, 0) is 38.3 Å². The molecule has 0 radical (unpaired) electrons. The van der Waals surface area contributed by atoms with Crippen molar-refractivity contribution in [1.82, 2.24) is 29.5 Å². The highest BCUT2D eigenvalue weighted by Gasteiger charge is 2.17. The number of anilines is 1. The van der Waals surface area contributed by atoms with Gasteiger partial charge in [-0.25, -0.2) is 14.6 Å². The molecule has 0 aromatic carbocycles. The van der Waals surface area contributed by atoms with E-state index in [-0.39, 0.29) is 12.5 Å². The topological polar surface area (TPSA) is 90.5 Å². The fourth-order valence-electron chi connectivity index (χ4n) is 3.71. The Balaban J connectivity index is 1.37. The molecule has 0 fully saturated rings. The lowest BCUT2D eigenvalue weighted by Crippen LogP contribution is -2.19. The first-order valence-electron chi connectivity index (χ1n) is 10.2. The van der Waals surface area contributed by atoms with Crippen LogP contribution in [0, 0.1) is 13.8 Å². The Labute approximate surface area is 192 Å². The van der Waals surface area contributed by atoms with Crippen molar-refractivity contribution in [3.8, 4) is 21.7 Å². The van der Waals surface area contributed by atoms with E-state index < -0.39 is 0 Å². The Morgan fingerprint density at radius 1 is 1.12 bits per heavy atom. The van der Waals surface area contributed by atoms with Crippen LogP contribution in [0.25, 0.3) is 32.7 Å². The van der Waals surface area contributed by atoms with Crippen molar-refractivity contribution in [3.63, 3.8) is 0 Å². The van der Waals surface area contributed by atoms with Crippen LogP contribution in [-0.2, 0) is 17.9 Å². The molecule has 0 aliphatic heterocycles. The number of nitrogens with zero attached hydrogens (tertiary/aromatic N) is 6. The first-order valence-corrected chi connectivity index (χ1v) is 11.9. The number of hydrogen-bond donors (Lipinski definition) is 1. The van der Waals surface area contributed by atoms with E-state index in [1.807, 2.05) is 54.5 Å². The van der Waals surface area contributed by atoms with Gasteiger partial charge in [0, 0.05) is 40.3 Å². The predicted molar refractivity (Wildman–Crippen MR) is 128 cm³/mol. The zero-order valence-electron chi connectivity index (χ0n) is 17.9. The predicted octanol–water partition coefficient (Wildman–Crippen LogP) is 4.76. The first-order chi connectivity index (χ1) is 15.5. The summed E-state index contributed by atoms with van der Waals surface area (Å²) in [6, 6.07) is 6.10. The summed E-state index contributed by atoms with van der Waals surface area (Å²) in [4.78, 5) is 23.0. The zero-order valence-corrected chi connectivity index (χ0v) is 19.5. The van der Waals surface area contributed by atoms with E-state index in [0.29, 0.717) is 10.8 Å². The number of thiophene rings is 1. The number of carbonyl (C=O) groups is 1. The van der Waals surface area contributed by atoms with E-state index >= 15 is 0 Å². The number of pyridine rings is 1. The number of rotatable bonds is 6. The lowest BCUT2D eigenvalue weighted by atomic mass is 10.1. The summed E-state index contributed by atoms with van der Waals surface area (Å²) in [7, 11) is 0. The fourth-order valence-corrected chi connectivity index (χ4v) is 5.19. The monoisotopic (exact) mass is 463 g/mol. The molecule has 5 aromatic rings. The second-order valence-electron chi connectivity index (χ2n) is 7.35. The minimum absolute atomic E-state index is 0.0624. The smallest absolute Gasteiger partial charge is 0.247 e. The molecular weight excluding hydrogens is 442 g/mol. The van der Waals surface area contributed by atoms with Crippen molar-refractivity contribution < 1.29 is 4.79 Å². The molecule has 0 atom stereocenters. The van der Waals surface area contributed by atoms with Gasteiger partial charge < -0.3 is 5.32 Å². The lowest BCUT2D eigenvalue weighted by Gasteiger charge is -2.04. The summed E-state index contributed by atoms with van der Waals surface area (Å²) < 4.78 is 3.53. The second kappa shape index (κ2) is 8.29. The van der Waals surface area contributed by atoms with Gasteiger partial charge in [0.25, 0.3) is 0 Å². The zero-order chi connectivity index (χ0) is 22.2. The lowest BCUT2D eigenvalue weighted by molar-refractivity contribution is -0.116. The van der Waals surface area contributed by atoms with Crippen LogP contribution in [0.3, 0.4) is 0 Å². The van der Waals surface area contributed by atoms with Crippen LogP contribution < -0.4 is 5.32 Å². The van der Waals surface area contributed by atoms with Crippen molar-refractivity contribution in [2.75, 3.05) is 5.32 Å².